The Balaban J connectivity index is 2.59. The fourth-order valence-corrected chi connectivity index (χ4v) is 1.65. The molecule has 2 unspecified atom stereocenters. The van der Waals surface area contributed by atoms with Gasteiger partial charge in [-0.15, -0.1) is 0 Å². The van der Waals surface area contributed by atoms with Crippen molar-refractivity contribution in [1.29, 1.82) is 0 Å². The van der Waals surface area contributed by atoms with Gasteiger partial charge in [0.15, 0.2) is 0 Å². The molecular formula is C12H17F3N2. The van der Waals surface area contributed by atoms with Crippen LogP contribution < -0.4 is 11.5 Å². The van der Waals surface area contributed by atoms with Crippen LogP contribution in [0.4, 0.5) is 13.2 Å². The summed E-state index contributed by atoms with van der Waals surface area (Å²) in [6.45, 7) is 0.970. The van der Waals surface area contributed by atoms with E-state index in [0.29, 0.717) is 6.42 Å². The molecule has 0 aromatic heterocycles. The molecule has 1 aromatic carbocycles. The Morgan fingerprint density at radius 2 is 1.71 bits per heavy atom. The number of benzene rings is 1. The van der Waals surface area contributed by atoms with Crippen LogP contribution in [-0.4, -0.2) is 17.8 Å². The fourth-order valence-electron chi connectivity index (χ4n) is 1.65. The van der Waals surface area contributed by atoms with E-state index >= 15 is 0 Å². The molecule has 4 N–H and O–H groups in total. The zero-order valence-corrected chi connectivity index (χ0v) is 9.67. The van der Waals surface area contributed by atoms with Gasteiger partial charge in [0, 0.05) is 6.04 Å². The molecule has 0 saturated carbocycles. The molecule has 2 atom stereocenters. The van der Waals surface area contributed by atoms with Crippen LogP contribution in [0.2, 0.25) is 0 Å². The topological polar surface area (TPSA) is 52.0 Å². The van der Waals surface area contributed by atoms with Crippen molar-refractivity contribution < 1.29 is 13.2 Å². The molecule has 0 radical (unpaired) electrons. The van der Waals surface area contributed by atoms with Crippen molar-refractivity contribution in [2.45, 2.75) is 37.5 Å². The third-order valence-electron chi connectivity index (χ3n) is 2.67. The summed E-state index contributed by atoms with van der Waals surface area (Å²) in [6.07, 6.45) is -4.32. The smallest absolute Gasteiger partial charge is 0.327 e. The summed E-state index contributed by atoms with van der Waals surface area (Å²) in [5.41, 5.74) is 9.63. The second-order valence-electron chi connectivity index (χ2n) is 4.57. The van der Waals surface area contributed by atoms with Crippen LogP contribution in [0.1, 0.15) is 18.9 Å². The molecule has 0 aliphatic carbocycles. The molecular weight excluding hydrogens is 229 g/mol. The van der Waals surface area contributed by atoms with E-state index in [-0.39, 0.29) is 6.42 Å². The highest BCUT2D eigenvalue weighted by molar-refractivity contribution is 5.16. The number of hydrogen-bond donors (Lipinski definition) is 2. The minimum atomic E-state index is -4.43. The Bertz CT molecular complexity index is 347. The zero-order chi connectivity index (χ0) is 13.1. The lowest BCUT2D eigenvalue weighted by atomic mass is 9.91. The predicted octanol–water partition coefficient (Wildman–Crippen LogP) is 2.23. The van der Waals surface area contributed by atoms with Gasteiger partial charge < -0.3 is 11.5 Å². The summed E-state index contributed by atoms with van der Waals surface area (Å²) in [5, 5.41) is 0. The van der Waals surface area contributed by atoms with Gasteiger partial charge >= 0.3 is 6.18 Å². The van der Waals surface area contributed by atoms with Crippen molar-refractivity contribution in [3.8, 4) is 0 Å². The lowest BCUT2D eigenvalue weighted by Gasteiger charge is -2.30. The molecule has 96 valence electrons. The second kappa shape index (κ2) is 5.06. The first-order chi connectivity index (χ1) is 7.72. The maximum atomic E-state index is 12.6. The van der Waals surface area contributed by atoms with E-state index in [1.54, 1.807) is 0 Å². The Morgan fingerprint density at radius 3 is 2.18 bits per heavy atom. The van der Waals surface area contributed by atoms with Gasteiger partial charge in [0.05, 0.1) is 0 Å². The molecule has 1 aromatic rings. The molecule has 17 heavy (non-hydrogen) atoms. The minimum absolute atomic E-state index is 0.286. The Labute approximate surface area is 98.8 Å². The summed E-state index contributed by atoms with van der Waals surface area (Å²) in [4.78, 5) is 0. The average molecular weight is 246 g/mol. The highest BCUT2D eigenvalue weighted by Crippen LogP contribution is 2.31. The van der Waals surface area contributed by atoms with Crippen LogP contribution >= 0.6 is 0 Å². The molecule has 2 nitrogen and oxygen atoms in total. The third kappa shape index (κ3) is 4.02. The van der Waals surface area contributed by atoms with Crippen molar-refractivity contribution in [2.75, 3.05) is 0 Å². The standard InChI is InChI=1S/C12H17F3N2/c1-11(17,12(13,14)15)8-10(16)7-9-5-3-2-4-6-9/h2-6,10H,7-8,16-17H2,1H3. The van der Waals surface area contributed by atoms with Crippen LogP contribution in [0.5, 0.6) is 0 Å². The number of rotatable bonds is 4. The molecule has 0 spiro atoms. The van der Waals surface area contributed by atoms with E-state index in [2.05, 4.69) is 0 Å². The maximum Gasteiger partial charge on any atom is 0.406 e. The van der Waals surface area contributed by atoms with Crippen molar-refractivity contribution in [3.05, 3.63) is 35.9 Å². The number of hydrogen-bond acceptors (Lipinski definition) is 2. The number of halogens is 3. The second-order valence-corrected chi connectivity index (χ2v) is 4.57. The van der Waals surface area contributed by atoms with Crippen molar-refractivity contribution in [1.82, 2.24) is 0 Å². The van der Waals surface area contributed by atoms with E-state index in [0.717, 1.165) is 12.5 Å². The summed E-state index contributed by atoms with van der Waals surface area (Å²) in [7, 11) is 0. The lowest BCUT2D eigenvalue weighted by molar-refractivity contribution is -0.183. The lowest BCUT2D eigenvalue weighted by Crippen LogP contribution is -2.54. The van der Waals surface area contributed by atoms with E-state index in [4.69, 9.17) is 11.5 Å². The Kier molecular flexibility index (Phi) is 4.16. The van der Waals surface area contributed by atoms with Crippen molar-refractivity contribution >= 4 is 0 Å². The van der Waals surface area contributed by atoms with Crippen LogP contribution in [0.3, 0.4) is 0 Å². The average Bonchev–Trinajstić information content (AvgIpc) is 2.16. The molecule has 0 aliphatic rings. The van der Waals surface area contributed by atoms with Gasteiger partial charge in [-0.1, -0.05) is 30.3 Å². The monoisotopic (exact) mass is 246 g/mol. The molecule has 5 heteroatoms. The largest absolute Gasteiger partial charge is 0.406 e. The SMILES string of the molecule is CC(N)(CC(N)Cc1ccccc1)C(F)(F)F. The van der Waals surface area contributed by atoms with E-state index in [9.17, 15) is 13.2 Å². The third-order valence-corrected chi connectivity index (χ3v) is 2.67. The molecule has 0 aliphatic heterocycles. The molecule has 1 rings (SSSR count). The van der Waals surface area contributed by atoms with Gasteiger partial charge in [0.25, 0.3) is 0 Å². The van der Waals surface area contributed by atoms with Gasteiger partial charge in [-0.2, -0.15) is 13.2 Å². The van der Waals surface area contributed by atoms with E-state index in [1.165, 1.54) is 0 Å². The van der Waals surface area contributed by atoms with Crippen LogP contribution in [-0.2, 0) is 6.42 Å². The molecule has 0 bridgehead atoms. The predicted molar refractivity (Wildman–Crippen MR) is 61.4 cm³/mol. The summed E-state index contributed by atoms with van der Waals surface area (Å²) in [6, 6.07) is 8.57. The van der Waals surface area contributed by atoms with E-state index in [1.807, 2.05) is 30.3 Å². The first-order valence-electron chi connectivity index (χ1n) is 5.37. The highest BCUT2D eigenvalue weighted by Gasteiger charge is 2.48. The summed E-state index contributed by atoms with van der Waals surface area (Å²) < 4.78 is 37.7. The van der Waals surface area contributed by atoms with Gasteiger partial charge in [-0.25, -0.2) is 0 Å². The number of nitrogens with two attached hydrogens (primary N) is 2. The van der Waals surface area contributed by atoms with Gasteiger partial charge in [-0.05, 0) is 25.3 Å². The van der Waals surface area contributed by atoms with Crippen LogP contribution in [0.25, 0.3) is 0 Å². The summed E-state index contributed by atoms with van der Waals surface area (Å²) in [5.74, 6) is 0. The minimum Gasteiger partial charge on any atom is -0.327 e. The zero-order valence-electron chi connectivity index (χ0n) is 9.67. The van der Waals surface area contributed by atoms with Gasteiger partial charge in [0.2, 0.25) is 0 Å². The first-order valence-corrected chi connectivity index (χ1v) is 5.37. The Hall–Kier alpha value is -1.07. The molecule has 0 amide bonds. The summed E-state index contributed by atoms with van der Waals surface area (Å²) >= 11 is 0. The van der Waals surface area contributed by atoms with Gasteiger partial charge in [0.1, 0.15) is 5.54 Å². The fraction of sp³-hybridized carbons (Fsp3) is 0.500. The maximum absolute atomic E-state index is 12.6. The van der Waals surface area contributed by atoms with Crippen LogP contribution in [0.15, 0.2) is 30.3 Å². The van der Waals surface area contributed by atoms with Crippen LogP contribution in [0, 0.1) is 0 Å². The molecule has 0 heterocycles. The Morgan fingerprint density at radius 1 is 1.18 bits per heavy atom. The van der Waals surface area contributed by atoms with E-state index < -0.39 is 17.8 Å². The normalized spacial score (nSPS) is 17.5. The van der Waals surface area contributed by atoms with Crippen molar-refractivity contribution in [2.24, 2.45) is 11.5 Å². The highest BCUT2D eigenvalue weighted by atomic mass is 19.4. The molecule has 0 fully saturated rings. The van der Waals surface area contributed by atoms with Gasteiger partial charge in [-0.3, -0.25) is 0 Å². The quantitative estimate of drug-likeness (QED) is 0.856. The molecule has 0 saturated heterocycles. The number of alkyl halides is 3. The van der Waals surface area contributed by atoms with Crippen molar-refractivity contribution in [3.63, 3.8) is 0 Å². The first kappa shape index (κ1) is 14.0.